The lowest BCUT2D eigenvalue weighted by Crippen LogP contribution is -2.54. The summed E-state index contributed by atoms with van der Waals surface area (Å²) in [5.41, 5.74) is 1.01. The smallest absolute Gasteiger partial charge is 0.321 e. The average Bonchev–Trinajstić information content (AvgIpc) is 2.96. The van der Waals surface area contributed by atoms with Crippen LogP contribution in [0.15, 0.2) is 29.2 Å². The zero-order chi connectivity index (χ0) is 19.1. The summed E-state index contributed by atoms with van der Waals surface area (Å²) in [5, 5.41) is 0. The van der Waals surface area contributed by atoms with Crippen LogP contribution in [-0.4, -0.2) is 73.1 Å². The molecule has 2 amide bonds. The number of ether oxygens (including phenoxy) is 1. The van der Waals surface area contributed by atoms with Crippen molar-refractivity contribution in [3.8, 4) is 0 Å². The highest BCUT2D eigenvalue weighted by atomic mass is 32.2. The normalized spacial score (nSPS) is 27.8. The third-order valence-corrected chi connectivity index (χ3v) is 6.97. The van der Waals surface area contributed by atoms with E-state index in [-0.39, 0.29) is 23.1 Å². The van der Waals surface area contributed by atoms with E-state index in [1.807, 2.05) is 20.8 Å². The molecule has 1 aromatic rings. The summed E-state index contributed by atoms with van der Waals surface area (Å²) < 4.78 is 33.0. The largest absolute Gasteiger partial charge is 0.372 e. The molecule has 2 aliphatic heterocycles. The minimum atomic E-state index is -3.63. The minimum Gasteiger partial charge on any atom is -0.372 e. The summed E-state index contributed by atoms with van der Waals surface area (Å²) in [7, 11) is -3.63. The van der Waals surface area contributed by atoms with Gasteiger partial charge in [-0.15, -0.1) is 0 Å². The van der Waals surface area contributed by atoms with Crippen LogP contribution in [-0.2, 0) is 14.8 Å². The van der Waals surface area contributed by atoms with Gasteiger partial charge >= 0.3 is 6.03 Å². The van der Waals surface area contributed by atoms with Crippen LogP contribution in [0.25, 0.3) is 0 Å². The van der Waals surface area contributed by atoms with Crippen molar-refractivity contribution in [2.75, 3.05) is 26.2 Å². The highest BCUT2D eigenvalue weighted by Gasteiger charge is 2.41. The molecule has 7 nitrogen and oxygen atoms in total. The molecule has 2 aliphatic rings. The number of sulfonamides is 1. The highest BCUT2D eigenvalue weighted by molar-refractivity contribution is 7.89. The van der Waals surface area contributed by atoms with Crippen LogP contribution in [0.4, 0.5) is 4.79 Å². The number of carbonyl (C=O) groups excluding carboxylic acids is 1. The number of carbonyl (C=O) groups is 1. The third-order valence-electron chi connectivity index (χ3n) is 4.99. The molecule has 1 aromatic carbocycles. The third kappa shape index (κ3) is 3.58. The SMILES string of the molecule is Cc1ccc(S(=O)(=O)N2CCN(C(=O)N3CC(C)OC(C)C3)C2C)cc1. The fourth-order valence-electron chi connectivity index (χ4n) is 3.67. The Bertz CT molecular complexity index is 755. The molecule has 0 aliphatic carbocycles. The summed E-state index contributed by atoms with van der Waals surface area (Å²) >= 11 is 0. The Morgan fingerprint density at radius 1 is 1.04 bits per heavy atom. The van der Waals surface area contributed by atoms with Crippen LogP contribution in [0.3, 0.4) is 0 Å². The molecule has 3 atom stereocenters. The first-order valence-corrected chi connectivity index (χ1v) is 10.4. The van der Waals surface area contributed by atoms with E-state index in [0.717, 1.165) is 5.56 Å². The van der Waals surface area contributed by atoms with Gasteiger partial charge in [0.1, 0.15) is 0 Å². The van der Waals surface area contributed by atoms with Gasteiger partial charge in [0.25, 0.3) is 0 Å². The van der Waals surface area contributed by atoms with Crippen molar-refractivity contribution in [1.29, 1.82) is 0 Å². The molecular weight excluding hydrogens is 354 g/mol. The molecule has 0 spiro atoms. The first kappa shape index (κ1) is 19.1. The van der Waals surface area contributed by atoms with E-state index in [0.29, 0.717) is 26.2 Å². The second kappa shape index (κ2) is 7.17. The van der Waals surface area contributed by atoms with E-state index >= 15 is 0 Å². The zero-order valence-corrected chi connectivity index (χ0v) is 16.6. The van der Waals surface area contributed by atoms with E-state index in [4.69, 9.17) is 4.74 Å². The molecule has 0 N–H and O–H groups in total. The predicted octanol–water partition coefficient (Wildman–Crippen LogP) is 1.88. The van der Waals surface area contributed by atoms with Crippen molar-refractivity contribution in [3.05, 3.63) is 29.8 Å². The highest BCUT2D eigenvalue weighted by Crippen LogP contribution is 2.26. The summed E-state index contributed by atoms with van der Waals surface area (Å²) in [5.74, 6) is 0. The second-order valence-electron chi connectivity index (χ2n) is 7.20. The molecule has 0 radical (unpaired) electrons. The van der Waals surface area contributed by atoms with Crippen molar-refractivity contribution in [2.45, 2.75) is 51.0 Å². The lowest BCUT2D eigenvalue weighted by atomic mass is 10.2. The summed E-state index contributed by atoms with van der Waals surface area (Å²) in [4.78, 5) is 16.6. The molecule has 8 heteroatoms. The molecule has 26 heavy (non-hydrogen) atoms. The molecule has 144 valence electrons. The van der Waals surface area contributed by atoms with Gasteiger partial charge in [0, 0.05) is 26.2 Å². The molecule has 0 aromatic heterocycles. The van der Waals surface area contributed by atoms with Crippen LogP contribution < -0.4 is 0 Å². The topological polar surface area (TPSA) is 70.2 Å². The number of urea groups is 1. The maximum Gasteiger partial charge on any atom is 0.321 e. The monoisotopic (exact) mass is 381 g/mol. The molecule has 3 rings (SSSR count). The number of hydrogen-bond donors (Lipinski definition) is 0. The van der Waals surface area contributed by atoms with Gasteiger partial charge in [-0.2, -0.15) is 4.31 Å². The van der Waals surface area contributed by atoms with E-state index in [1.54, 1.807) is 41.0 Å². The lowest BCUT2D eigenvalue weighted by molar-refractivity contribution is -0.0588. The Kier molecular flexibility index (Phi) is 5.28. The van der Waals surface area contributed by atoms with Crippen molar-refractivity contribution in [2.24, 2.45) is 0 Å². The van der Waals surface area contributed by atoms with Gasteiger partial charge in [-0.05, 0) is 39.8 Å². The fraction of sp³-hybridized carbons (Fsp3) is 0.611. The van der Waals surface area contributed by atoms with Gasteiger partial charge in [0.2, 0.25) is 10.0 Å². The Hall–Kier alpha value is -1.64. The molecule has 0 bridgehead atoms. The van der Waals surface area contributed by atoms with E-state index in [9.17, 15) is 13.2 Å². The van der Waals surface area contributed by atoms with E-state index in [2.05, 4.69) is 0 Å². The Morgan fingerprint density at radius 2 is 1.62 bits per heavy atom. The number of morpholine rings is 1. The summed E-state index contributed by atoms with van der Waals surface area (Å²) in [6, 6.07) is 6.68. The Morgan fingerprint density at radius 3 is 2.19 bits per heavy atom. The van der Waals surface area contributed by atoms with Crippen LogP contribution in [0.1, 0.15) is 26.3 Å². The number of hydrogen-bond acceptors (Lipinski definition) is 4. The summed E-state index contributed by atoms with van der Waals surface area (Å²) in [6.07, 6.45) is -0.553. The first-order chi connectivity index (χ1) is 12.2. The van der Waals surface area contributed by atoms with Crippen molar-refractivity contribution >= 4 is 16.1 Å². The number of aryl methyl sites for hydroxylation is 1. The van der Waals surface area contributed by atoms with Crippen LogP contribution >= 0.6 is 0 Å². The number of rotatable bonds is 2. The maximum absolute atomic E-state index is 13.0. The van der Waals surface area contributed by atoms with Crippen LogP contribution in [0, 0.1) is 6.92 Å². The Labute approximate surface area is 155 Å². The predicted molar refractivity (Wildman–Crippen MR) is 98.2 cm³/mol. The fourth-order valence-corrected chi connectivity index (χ4v) is 5.26. The Balaban J connectivity index is 1.76. The average molecular weight is 381 g/mol. The number of nitrogens with zero attached hydrogens (tertiary/aromatic N) is 3. The standard InChI is InChI=1S/C18H27N3O4S/c1-13-5-7-17(8-6-13)26(23,24)21-10-9-20(16(21)4)18(22)19-11-14(2)25-15(3)12-19/h5-8,14-16H,9-12H2,1-4H3. The summed E-state index contributed by atoms with van der Waals surface area (Å²) in [6.45, 7) is 9.32. The van der Waals surface area contributed by atoms with Gasteiger partial charge < -0.3 is 14.5 Å². The van der Waals surface area contributed by atoms with Crippen molar-refractivity contribution < 1.29 is 17.9 Å². The molecule has 2 heterocycles. The molecule has 2 saturated heterocycles. The lowest BCUT2D eigenvalue weighted by Gasteiger charge is -2.38. The van der Waals surface area contributed by atoms with Gasteiger partial charge in [-0.3, -0.25) is 0 Å². The molecule has 3 unspecified atom stereocenters. The van der Waals surface area contributed by atoms with Crippen LogP contribution in [0.5, 0.6) is 0 Å². The maximum atomic E-state index is 13.0. The van der Waals surface area contributed by atoms with Gasteiger partial charge in [-0.1, -0.05) is 17.7 Å². The molecular formula is C18H27N3O4S. The van der Waals surface area contributed by atoms with E-state index < -0.39 is 16.2 Å². The van der Waals surface area contributed by atoms with Gasteiger partial charge in [0.15, 0.2) is 0 Å². The zero-order valence-electron chi connectivity index (χ0n) is 15.8. The number of benzene rings is 1. The van der Waals surface area contributed by atoms with Crippen molar-refractivity contribution in [1.82, 2.24) is 14.1 Å². The quantitative estimate of drug-likeness (QED) is 0.784. The van der Waals surface area contributed by atoms with E-state index in [1.165, 1.54) is 4.31 Å². The van der Waals surface area contributed by atoms with Crippen molar-refractivity contribution in [3.63, 3.8) is 0 Å². The van der Waals surface area contributed by atoms with Crippen LogP contribution in [0.2, 0.25) is 0 Å². The minimum absolute atomic E-state index is 0.0204. The second-order valence-corrected chi connectivity index (χ2v) is 9.09. The first-order valence-electron chi connectivity index (χ1n) is 8.99. The van der Waals surface area contributed by atoms with Gasteiger partial charge in [0.05, 0.1) is 23.3 Å². The number of amides is 2. The molecule has 0 saturated carbocycles. The van der Waals surface area contributed by atoms with Gasteiger partial charge in [-0.25, -0.2) is 13.2 Å². The molecule has 2 fully saturated rings.